The van der Waals surface area contributed by atoms with Crippen LogP contribution in [0.5, 0.6) is 5.75 Å². The number of pyridine rings is 2. The number of aromatic hydroxyl groups is 1. The van der Waals surface area contributed by atoms with E-state index in [4.69, 9.17) is 11.6 Å². The number of phenolic OH excluding ortho intramolecular Hbond substituents is 1. The fourth-order valence-electron chi connectivity index (χ4n) is 3.49. The lowest BCUT2D eigenvalue weighted by Gasteiger charge is -2.13. The number of carbonyl (C=O) groups is 1. The summed E-state index contributed by atoms with van der Waals surface area (Å²) in [5, 5.41) is 21.9. The van der Waals surface area contributed by atoms with Gasteiger partial charge in [-0.15, -0.1) is 10.2 Å². The Bertz CT molecular complexity index is 1310. The van der Waals surface area contributed by atoms with Crippen molar-refractivity contribution in [2.24, 2.45) is 5.92 Å². The summed E-state index contributed by atoms with van der Waals surface area (Å²) in [6.45, 7) is 1.89. The van der Waals surface area contributed by atoms with Gasteiger partial charge in [0.1, 0.15) is 24.1 Å². The third kappa shape index (κ3) is 2.87. The molecule has 9 heteroatoms. The highest BCUT2D eigenvalue weighted by Crippen LogP contribution is 2.40. The minimum Gasteiger partial charge on any atom is -0.506 e. The Labute approximate surface area is 169 Å². The average molecular weight is 412 g/mol. The number of nitrogens with zero attached hydrogens (tertiary/aromatic N) is 4. The highest BCUT2D eigenvalue weighted by atomic mass is 35.5. The van der Waals surface area contributed by atoms with Crippen molar-refractivity contribution in [1.29, 1.82) is 0 Å². The SMILES string of the molecule is Cc1ccc(O)c(Cl)c1-c1cc2cnc(NC(=O)[C@@H]3C[C@@H]3F)cc2n2cnnc12. The molecule has 146 valence electrons. The monoisotopic (exact) mass is 411 g/mol. The molecule has 5 rings (SSSR count). The van der Waals surface area contributed by atoms with E-state index in [9.17, 15) is 14.3 Å². The van der Waals surface area contributed by atoms with E-state index in [1.165, 1.54) is 0 Å². The lowest BCUT2D eigenvalue weighted by molar-refractivity contribution is -0.117. The summed E-state index contributed by atoms with van der Waals surface area (Å²) >= 11 is 6.38. The normalized spacial score (nSPS) is 18.3. The summed E-state index contributed by atoms with van der Waals surface area (Å²) in [5.74, 6) is -0.660. The second-order valence-electron chi connectivity index (χ2n) is 7.15. The van der Waals surface area contributed by atoms with Gasteiger partial charge in [-0.05, 0) is 31.0 Å². The first-order chi connectivity index (χ1) is 13.9. The van der Waals surface area contributed by atoms with Crippen molar-refractivity contribution in [1.82, 2.24) is 19.6 Å². The van der Waals surface area contributed by atoms with E-state index in [0.29, 0.717) is 22.6 Å². The number of hydrogen-bond donors (Lipinski definition) is 2. The summed E-state index contributed by atoms with van der Waals surface area (Å²) in [4.78, 5) is 16.3. The average Bonchev–Trinajstić information content (AvgIpc) is 3.23. The number of fused-ring (bicyclic) bond motifs is 3. The smallest absolute Gasteiger partial charge is 0.231 e. The van der Waals surface area contributed by atoms with Gasteiger partial charge in [-0.1, -0.05) is 17.7 Å². The summed E-state index contributed by atoms with van der Waals surface area (Å²) in [6.07, 6.45) is 2.34. The quantitative estimate of drug-likeness (QED) is 0.533. The van der Waals surface area contributed by atoms with Crippen LogP contribution in [0.2, 0.25) is 5.02 Å². The maximum atomic E-state index is 13.1. The van der Waals surface area contributed by atoms with Crippen molar-refractivity contribution in [2.45, 2.75) is 19.5 Å². The van der Waals surface area contributed by atoms with Crippen LogP contribution in [-0.4, -0.2) is 36.8 Å². The Hall–Kier alpha value is -3.26. The van der Waals surface area contributed by atoms with Gasteiger partial charge in [-0.3, -0.25) is 9.20 Å². The molecule has 1 fully saturated rings. The lowest BCUT2D eigenvalue weighted by atomic mass is 9.99. The fraction of sp³-hybridized carbons (Fsp3) is 0.200. The molecular weight excluding hydrogens is 397 g/mol. The minimum absolute atomic E-state index is 0.0209. The molecule has 0 radical (unpaired) electrons. The summed E-state index contributed by atoms with van der Waals surface area (Å²) in [6, 6.07) is 6.88. The number of aromatic nitrogens is 4. The molecule has 1 aliphatic carbocycles. The van der Waals surface area contributed by atoms with Gasteiger partial charge in [-0.25, -0.2) is 9.37 Å². The van der Waals surface area contributed by atoms with Gasteiger partial charge < -0.3 is 10.4 Å². The zero-order chi connectivity index (χ0) is 20.3. The Morgan fingerprint density at radius 3 is 2.93 bits per heavy atom. The number of halogens is 2. The van der Waals surface area contributed by atoms with Crippen LogP contribution in [0.1, 0.15) is 12.0 Å². The summed E-state index contributed by atoms with van der Waals surface area (Å²) < 4.78 is 14.9. The van der Waals surface area contributed by atoms with E-state index in [1.807, 2.05) is 13.0 Å². The highest BCUT2D eigenvalue weighted by molar-refractivity contribution is 6.35. The Morgan fingerprint density at radius 2 is 2.17 bits per heavy atom. The molecule has 29 heavy (non-hydrogen) atoms. The van der Waals surface area contributed by atoms with Crippen LogP contribution in [0.3, 0.4) is 0 Å². The van der Waals surface area contributed by atoms with Gasteiger partial charge in [0.05, 0.1) is 16.5 Å². The first-order valence-corrected chi connectivity index (χ1v) is 9.37. The predicted octanol–water partition coefficient (Wildman–Crippen LogP) is 3.91. The molecule has 2 N–H and O–H groups in total. The zero-order valence-corrected chi connectivity index (χ0v) is 16.0. The molecule has 0 spiro atoms. The standard InChI is InChI=1S/C20H15ClFN5O2/c1-9-2-3-15(28)18(21)17(9)12-4-10-7-23-16(25-20(29)11-5-13(11)22)6-14(10)27-8-24-26-19(12)27/h2-4,6-8,11,13,28H,5H2,1H3,(H,23,25,29)/t11-,13+/m1/s1. The number of alkyl halides is 1. The zero-order valence-electron chi connectivity index (χ0n) is 15.2. The summed E-state index contributed by atoms with van der Waals surface area (Å²) in [5.41, 5.74) is 3.50. The van der Waals surface area contributed by atoms with E-state index in [1.54, 1.807) is 35.1 Å². The molecular formula is C20H15ClFN5O2. The third-order valence-corrected chi connectivity index (χ3v) is 5.54. The minimum atomic E-state index is -1.07. The van der Waals surface area contributed by atoms with Crippen molar-refractivity contribution in [3.63, 3.8) is 0 Å². The van der Waals surface area contributed by atoms with E-state index in [-0.39, 0.29) is 23.1 Å². The number of benzene rings is 1. The number of phenols is 1. The molecule has 7 nitrogen and oxygen atoms in total. The van der Waals surface area contributed by atoms with Crippen LogP contribution in [-0.2, 0) is 4.79 Å². The van der Waals surface area contributed by atoms with Gasteiger partial charge in [0.15, 0.2) is 5.65 Å². The van der Waals surface area contributed by atoms with Crippen molar-refractivity contribution < 1.29 is 14.3 Å². The number of anilines is 1. The van der Waals surface area contributed by atoms with Crippen LogP contribution in [0.4, 0.5) is 10.2 Å². The van der Waals surface area contributed by atoms with Crippen molar-refractivity contribution >= 4 is 39.9 Å². The number of hydrogen-bond acceptors (Lipinski definition) is 5. The van der Waals surface area contributed by atoms with Crippen LogP contribution in [0.15, 0.2) is 36.8 Å². The van der Waals surface area contributed by atoms with Gasteiger partial charge >= 0.3 is 0 Å². The van der Waals surface area contributed by atoms with Crippen molar-refractivity contribution in [3.05, 3.63) is 47.4 Å². The van der Waals surface area contributed by atoms with E-state index in [2.05, 4.69) is 20.5 Å². The van der Waals surface area contributed by atoms with E-state index >= 15 is 0 Å². The molecule has 0 saturated heterocycles. The molecule has 3 heterocycles. The molecule has 1 saturated carbocycles. The first kappa shape index (κ1) is 17.8. The van der Waals surface area contributed by atoms with Crippen LogP contribution >= 0.6 is 11.6 Å². The molecule has 1 aliphatic rings. The maximum absolute atomic E-state index is 13.1. The number of aryl methyl sites for hydroxylation is 1. The molecule has 0 unspecified atom stereocenters. The molecule has 1 amide bonds. The van der Waals surface area contributed by atoms with Crippen LogP contribution in [0.25, 0.3) is 27.7 Å². The molecule has 1 aromatic carbocycles. The lowest BCUT2D eigenvalue weighted by Crippen LogP contribution is -2.15. The Morgan fingerprint density at radius 1 is 1.38 bits per heavy atom. The number of amides is 1. The van der Waals surface area contributed by atoms with Gasteiger partial charge in [0, 0.05) is 28.8 Å². The maximum Gasteiger partial charge on any atom is 0.231 e. The van der Waals surface area contributed by atoms with Crippen molar-refractivity contribution in [2.75, 3.05) is 5.32 Å². The van der Waals surface area contributed by atoms with Crippen LogP contribution in [0, 0.1) is 12.8 Å². The molecule has 2 atom stereocenters. The first-order valence-electron chi connectivity index (χ1n) is 9.00. The van der Waals surface area contributed by atoms with Crippen LogP contribution < -0.4 is 5.32 Å². The topological polar surface area (TPSA) is 92.4 Å². The van der Waals surface area contributed by atoms with Gasteiger partial charge in [0.25, 0.3) is 0 Å². The molecule has 4 aromatic rings. The van der Waals surface area contributed by atoms with E-state index in [0.717, 1.165) is 16.5 Å². The molecule has 0 bridgehead atoms. The number of carbonyl (C=O) groups excluding carboxylic acids is 1. The second-order valence-corrected chi connectivity index (χ2v) is 7.53. The van der Waals surface area contributed by atoms with Crippen molar-refractivity contribution in [3.8, 4) is 16.9 Å². The Kier molecular flexibility index (Phi) is 3.92. The largest absolute Gasteiger partial charge is 0.506 e. The Balaban J connectivity index is 1.67. The van der Waals surface area contributed by atoms with Gasteiger partial charge in [-0.2, -0.15) is 0 Å². The number of nitrogens with one attached hydrogen (secondary N) is 1. The number of rotatable bonds is 3. The molecule has 0 aliphatic heterocycles. The predicted molar refractivity (Wildman–Crippen MR) is 107 cm³/mol. The fourth-order valence-corrected chi connectivity index (χ4v) is 3.80. The van der Waals surface area contributed by atoms with Gasteiger partial charge in [0.2, 0.25) is 5.91 Å². The third-order valence-electron chi connectivity index (χ3n) is 5.16. The van der Waals surface area contributed by atoms with E-state index < -0.39 is 12.1 Å². The molecule has 3 aromatic heterocycles. The highest BCUT2D eigenvalue weighted by Gasteiger charge is 2.43. The second kappa shape index (κ2) is 6.38. The summed E-state index contributed by atoms with van der Waals surface area (Å²) in [7, 11) is 0.